The standard InChI is InChI=1S/C23H30FN3/c1-4-17(3)26-23(18-6-5-7-19(24)15-18)22-9-8-21(14-16(22)2)27-20-10-12-25-13-11-20/h5-9,14-15,17,20,25,27H,4,10-13H2,1-3H3. The van der Waals surface area contributed by atoms with Crippen LogP contribution >= 0.6 is 0 Å². The zero-order valence-electron chi connectivity index (χ0n) is 16.6. The van der Waals surface area contributed by atoms with Crippen molar-refractivity contribution in [2.45, 2.75) is 52.1 Å². The lowest BCUT2D eigenvalue weighted by Crippen LogP contribution is -2.35. The van der Waals surface area contributed by atoms with E-state index in [2.05, 4.69) is 49.6 Å². The fraction of sp³-hybridized carbons (Fsp3) is 0.435. The first-order valence-electron chi connectivity index (χ1n) is 9.99. The zero-order valence-corrected chi connectivity index (χ0v) is 16.6. The Balaban J connectivity index is 1.91. The average Bonchev–Trinajstić information content (AvgIpc) is 2.67. The number of nitrogens with one attached hydrogen (secondary N) is 2. The van der Waals surface area contributed by atoms with Gasteiger partial charge in [-0.05, 0) is 76.0 Å². The zero-order chi connectivity index (χ0) is 19.2. The molecular formula is C23H30FN3. The third kappa shape index (κ3) is 5.16. The van der Waals surface area contributed by atoms with Crippen molar-refractivity contribution in [1.82, 2.24) is 5.32 Å². The van der Waals surface area contributed by atoms with Crippen molar-refractivity contribution >= 4 is 11.4 Å². The van der Waals surface area contributed by atoms with Gasteiger partial charge in [0.1, 0.15) is 5.82 Å². The van der Waals surface area contributed by atoms with Gasteiger partial charge in [-0.15, -0.1) is 0 Å². The molecule has 0 radical (unpaired) electrons. The first-order chi connectivity index (χ1) is 13.1. The molecule has 27 heavy (non-hydrogen) atoms. The number of rotatable bonds is 6. The van der Waals surface area contributed by atoms with Gasteiger partial charge >= 0.3 is 0 Å². The molecule has 0 aliphatic carbocycles. The van der Waals surface area contributed by atoms with Crippen LogP contribution in [0.25, 0.3) is 0 Å². The highest BCUT2D eigenvalue weighted by Gasteiger charge is 2.15. The number of hydrogen-bond donors (Lipinski definition) is 2. The maximum atomic E-state index is 13.8. The van der Waals surface area contributed by atoms with Crippen LogP contribution in [0.3, 0.4) is 0 Å². The molecule has 144 valence electrons. The van der Waals surface area contributed by atoms with E-state index in [0.29, 0.717) is 6.04 Å². The Bertz CT molecular complexity index is 794. The van der Waals surface area contributed by atoms with Gasteiger partial charge in [-0.3, -0.25) is 4.99 Å². The van der Waals surface area contributed by atoms with Crippen LogP contribution in [0.2, 0.25) is 0 Å². The summed E-state index contributed by atoms with van der Waals surface area (Å²) in [6.07, 6.45) is 3.24. The first-order valence-corrected chi connectivity index (χ1v) is 9.99. The van der Waals surface area contributed by atoms with Crippen molar-refractivity contribution in [3.63, 3.8) is 0 Å². The van der Waals surface area contributed by atoms with E-state index in [-0.39, 0.29) is 11.9 Å². The predicted octanol–water partition coefficient (Wildman–Crippen LogP) is 4.93. The first kappa shape index (κ1) is 19.6. The minimum Gasteiger partial charge on any atom is -0.382 e. The molecule has 0 saturated carbocycles. The van der Waals surface area contributed by atoms with Gasteiger partial charge in [-0.25, -0.2) is 4.39 Å². The Kier molecular flexibility index (Phi) is 6.62. The summed E-state index contributed by atoms with van der Waals surface area (Å²) in [5.74, 6) is -0.230. The molecule has 1 fully saturated rings. The molecule has 1 aliphatic rings. The van der Waals surface area contributed by atoms with Crippen molar-refractivity contribution in [3.05, 3.63) is 65.0 Å². The summed E-state index contributed by atoms with van der Waals surface area (Å²) < 4.78 is 13.8. The van der Waals surface area contributed by atoms with Gasteiger partial charge in [0.25, 0.3) is 0 Å². The lowest BCUT2D eigenvalue weighted by Gasteiger charge is -2.25. The van der Waals surface area contributed by atoms with E-state index < -0.39 is 0 Å². The van der Waals surface area contributed by atoms with Crippen molar-refractivity contribution in [2.75, 3.05) is 18.4 Å². The average molecular weight is 368 g/mol. The van der Waals surface area contributed by atoms with E-state index in [1.165, 1.54) is 6.07 Å². The Hall–Kier alpha value is -2.20. The number of aryl methyl sites for hydroxylation is 1. The normalized spacial score (nSPS) is 17.0. The highest BCUT2D eigenvalue weighted by Crippen LogP contribution is 2.22. The molecule has 1 aliphatic heterocycles. The van der Waals surface area contributed by atoms with E-state index in [4.69, 9.17) is 4.99 Å². The summed E-state index contributed by atoms with van der Waals surface area (Å²) in [6, 6.07) is 13.9. The van der Waals surface area contributed by atoms with Crippen LogP contribution in [-0.2, 0) is 0 Å². The topological polar surface area (TPSA) is 36.4 Å². The molecule has 1 atom stereocenters. The maximum Gasteiger partial charge on any atom is 0.123 e. The minimum atomic E-state index is -0.230. The van der Waals surface area contributed by atoms with Gasteiger partial charge in [-0.2, -0.15) is 0 Å². The lowest BCUT2D eigenvalue weighted by atomic mass is 9.96. The Morgan fingerprint density at radius 1 is 1.22 bits per heavy atom. The van der Waals surface area contributed by atoms with Crippen LogP contribution < -0.4 is 10.6 Å². The Morgan fingerprint density at radius 2 is 2.00 bits per heavy atom. The molecule has 1 unspecified atom stereocenters. The summed E-state index contributed by atoms with van der Waals surface area (Å²) in [5.41, 5.74) is 5.06. The van der Waals surface area contributed by atoms with E-state index in [0.717, 1.165) is 60.4 Å². The van der Waals surface area contributed by atoms with Crippen molar-refractivity contribution in [3.8, 4) is 0 Å². The molecular weight excluding hydrogens is 337 g/mol. The molecule has 3 rings (SSSR count). The Morgan fingerprint density at radius 3 is 2.67 bits per heavy atom. The monoisotopic (exact) mass is 367 g/mol. The number of hydrogen-bond acceptors (Lipinski definition) is 3. The predicted molar refractivity (Wildman–Crippen MR) is 112 cm³/mol. The Labute approximate surface area is 162 Å². The second kappa shape index (κ2) is 9.14. The molecule has 2 N–H and O–H groups in total. The third-order valence-corrected chi connectivity index (χ3v) is 5.23. The van der Waals surface area contributed by atoms with Gasteiger partial charge in [0, 0.05) is 28.9 Å². The smallest absolute Gasteiger partial charge is 0.123 e. The van der Waals surface area contributed by atoms with Crippen molar-refractivity contribution in [2.24, 2.45) is 4.99 Å². The number of benzene rings is 2. The highest BCUT2D eigenvalue weighted by atomic mass is 19.1. The second-order valence-corrected chi connectivity index (χ2v) is 7.44. The van der Waals surface area contributed by atoms with E-state index in [1.54, 1.807) is 12.1 Å². The SMILES string of the molecule is CCC(C)N=C(c1cccc(F)c1)c1ccc(NC2CCNCC2)cc1C. The molecule has 4 heteroatoms. The van der Waals surface area contributed by atoms with Gasteiger partial charge in [0.2, 0.25) is 0 Å². The molecule has 1 saturated heterocycles. The number of anilines is 1. The fourth-order valence-corrected chi connectivity index (χ4v) is 3.47. The number of piperidine rings is 1. The summed E-state index contributed by atoms with van der Waals surface area (Å²) in [4.78, 5) is 4.90. The third-order valence-electron chi connectivity index (χ3n) is 5.23. The van der Waals surface area contributed by atoms with E-state index >= 15 is 0 Å². The van der Waals surface area contributed by atoms with Crippen LogP contribution in [0.4, 0.5) is 10.1 Å². The molecule has 0 aromatic heterocycles. The molecule has 0 bridgehead atoms. The summed E-state index contributed by atoms with van der Waals surface area (Å²) in [7, 11) is 0. The lowest BCUT2D eigenvalue weighted by molar-refractivity contribution is 0.479. The van der Waals surface area contributed by atoms with Gasteiger partial charge < -0.3 is 10.6 Å². The van der Waals surface area contributed by atoms with Crippen LogP contribution in [0, 0.1) is 12.7 Å². The largest absolute Gasteiger partial charge is 0.382 e. The van der Waals surface area contributed by atoms with E-state index in [9.17, 15) is 4.39 Å². The number of halogens is 1. The maximum absolute atomic E-state index is 13.8. The van der Waals surface area contributed by atoms with Crippen LogP contribution in [0.1, 0.15) is 49.8 Å². The van der Waals surface area contributed by atoms with Crippen LogP contribution in [0.15, 0.2) is 47.5 Å². The highest BCUT2D eigenvalue weighted by molar-refractivity contribution is 6.14. The number of nitrogens with zero attached hydrogens (tertiary/aromatic N) is 1. The minimum absolute atomic E-state index is 0.190. The molecule has 1 heterocycles. The second-order valence-electron chi connectivity index (χ2n) is 7.44. The summed E-state index contributed by atoms with van der Waals surface area (Å²) in [5, 5.41) is 7.04. The quantitative estimate of drug-likeness (QED) is 0.710. The molecule has 2 aromatic rings. The summed E-state index contributed by atoms with van der Waals surface area (Å²) in [6.45, 7) is 8.46. The van der Waals surface area contributed by atoms with Gasteiger partial charge in [-0.1, -0.05) is 25.1 Å². The fourth-order valence-electron chi connectivity index (χ4n) is 3.47. The molecule has 0 amide bonds. The van der Waals surface area contributed by atoms with Crippen molar-refractivity contribution in [1.29, 1.82) is 0 Å². The summed E-state index contributed by atoms with van der Waals surface area (Å²) >= 11 is 0. The van der Waals surface area contributed by atoms with Crippen LogP contribution in [0.5, 0.6) is 0 Å². The molecule has 2 aromatic carbocycles. The molecule has 0 spiro atoms. The van der Waals surface area contributed by atoms with Crippen molar-refractivity contribution < 1.29 is 4.39 Å². The molecule has 3 nitrogen and oxygen atoms in total. The van der Waals surface area contributed by atoms with Crippen LogP contribution in [-0.4, -0.2) is 30.9 Å². The number of aliphatic imine (C=N–C) groups is 1. The van der Waals surface area contributed by atoms with E-state index in [1.807, 2.05) is 6.07 Å². The van der Waals surface area contributed by atoms with Gasteiger partial charge in [0.05, 0.1) is 5.71 Å². The van der Waals surface area contributed by atoms with Gasteiger partial charge in [0.15, 0.2) is 0 Å².